The summed E-state index contributed by atoms with van der Waals surface area (Å²) in [5.74, 6) is 2.25. The number of benzene rings is 2. The molecule has 158 valence electrons. The second kappa shape index (κ2) is 10.5. The predicted octanol–water partition coefficient (Wildman–Crippen LogP) is 1.76. The fourth-order valence-corrected chi connectivity index (χ4v) is 3.87. The van der Waals surface area contributed by atoms with Crippen molar-refractivity contribution in [3.05, 3.63) is 54.1 Å². The SMILES string of the molecule is COc1ccc(C2(C[NH2+]C[C@@H](O)COc3ccccc3)CCOCC2)cc1OC. The first kappa shape index (κ1) is 21.4. The van der Waals surface area contributed by atoms with Crippen molar-refractivity contribution in [1.82, 2.24) is 0 Å². The Hall–Kier alpha value is -2.28. The molecule has 0 amide bonds. The summed E-state index contributed by atoms with van der Waals surface area (Å²) in [5, 5.41) is 12.5. The Bertz CT molecular complexity index is 746. The molecule has 6 heteroatoms. The van der Waals surface area contributed by atoms with Crippen LogP contribution >= 0.6 is 0 Å². The zero-order chi connectivity index (χ0) is 20.5. The molecule has 0 saturated carbocycles. The van der Waals surface area contributed by atoms with E-state index in [9.17, 15) is 5.11 Å². The van der Waals surface area contributed by atoms with Gasteiger partial charge < -0.3 is 29.4 Å². The summed E-state index contributed by atoms with van der Waals surface area (Å²) in [7, 11) is 3.31. The Morgan fingerprint density at radius 2 is 1.76 bits per heavy atom. The highest BCUT2D eigenvalue weighted by Crippen LogP contribution is 2.38. The lowest BCUT2D eigenvalue weighted by Gasteiger charge is -2.36. The van der Waals surface area contributed by atoms with Crippen molar-refractivity contribution in [2.24, 2.45) is 0 Å². The number of aliphatic hydroxyl groups excluding tert-OH is 1. The molecule has 0 aliphatic carbocycles. The lowest BCUT2D eigenvalue weighted by molar-refractivity contribution is -0.669. The molecule has 0 radical (unpaired) electrons. The molecule has 3 rings (SSSR count). The largest absolute Gasteiger partial charge is 0.493 e. The molecule has 0 aromatic heterocycles. The zero-order valence-electron chi connectivity index (χ0n) is 17.3. The van der Waals surface area contributed by atoms with Crippen LogP contribution in [0.2, 0.25) is 0 Å². The molecule has 1 fully saturated rings. The molecule has 6 nitrogen and oxygen atoms in total. The number of para-hydroxylation sites is 1. The lowest BCUT2D eigenvalue weighted by Crippen LogP contribution is -2.90. The van der Waals surface area contributed by atoms with E-state index in [1.54, 1.807) is 14.2 Å². The van der Waals surface area contributed by atoms with Gasteiger partial charge in [0.05, 0.1) is 20.8 Å². The second-order valence-corrected chi connectivity index (χ2v) is 7.47. The van der Waals surface area contributed by atoms with Crippen molar-refractivity contribution >= 4 is 0 Å². The predicted molar refractivity (Wildman–Crippen MR) is 111 cm³/mol. The Labute approximate surface area is 172 Å². The highest BCUT2D eigenvalue weighted by Gasteiger charge is 2.37. The monoisotopic (exact) mass is 402 g/mol. The number of hydrogen-bond donors (Lipinski definition) is 2. The van der Waals surface area contributed by atoms with E-state index in [1.807, 2.05) is 36.4 Å². The van der Waals surface area contributed by atoms with Crippen LogP contribution < -0.4 is 19.5 Å². The normalized spacial score (nSPS) is 16.8. The number of aliphatic hydroxyl groups is 1. The summed E-state index contributed by atoms with van der Waals surface area (Å²) in [6.07, 6.45) is 1.35. The molecule has 29 heavy (non-hydrogen) atoms. The minimum Gasteiger partial charge on any atom is -0.493 e. The first-order chi connectivity index (χ1) is 14.2. The van der Waals surface area contributed by atoms with Crippen molar-refractivity contribution in [2.45, 2.75) is 24.4 Å². The second-order valence-electron chi connectivity index (χ2n) is 7.47. The summed E-state index contributed by atoms with van der Waals surface area (Å²) in [4.78, 5) is 0. The van der Waals surface area contributed by atoms with Gasteiger partial charge in [-0.15, -0.1) is 0 Å². The van der Waals surface area contributed by atoms with Crippen molar-refractivity contribution in [3.63, 3.8) is 0 Å². The molecule has 0 bridgehead atoms. The summed E-state index contributed by atoms with van der Waals surface area (Å²) in [6, 6.07) is 15.7. The van der Waals surface area contributed by atoms with Crippen LogP contribution in [0.15, 0.2) is 48.5 Å². The summed E-state index contributed by atoms with van der Waals surface area (Å²) < 4.78 is 22.2. The van der Waals surface area contributed by atoms with Crippen molar-refractivity contribution in [2.75, 3.05) is 47.1 Å². The van der Waals surface area contributed by atoms with E-state index in [-0.39, 0.29) is 12.0 Å². The fourth-order valence-electron chi connectivity index (χ4n) is 3.87. The highest BCUT2D eigenvalue weighted by molar-refractivity contribution is 5.45. The third-order valence-electron chi connectivity index (χ3n) is 5.61. The van der Waals surface area contributed by atoms with Gasteiger partial charge in [0.2, 0.25) is 0 Å². The molecule has 1 aliphatic rings. The molecule has 1 atom stereocenters. The number of methoxy groups -OCH3 is 2. The standard InChI is InChI=1S/C23H31NO5/c1-26-21-9-8-18(14-22(21)27-2)23(10-12-28-13-11-23)17-24-15-19(25)16-29-20-6-4-3-5-7-20/h3-9,14,19,24-25H,10-13,15-17H2,1-2H3/p+1/t19-/m1/s1. The molecular formula is C23H32NO5+. The summed E-state index contributed by atoms with van der Waals surface area (Å²) in [5.41, 5.74) is 1.21. The lowest BCUT2D eigenvalue weighted by atomic mass is 9.74. The molecule has 1 aliphatic heterocycles. The summed E-state index contributed by atoms with van der Waals surface area (Å²) >= 11 is 0. The summed E-state index contributed by atoms with van der Waals surface area (Å²) in [6.45, 7) is 3.22. The molecule has 2 aromatic rings. The van der Waals surface area contributed by atoms with Crippen molar-refractivity contribution < 1.29 is 29.4 Å². The van der Waals surface area contributed by atoms with Crippen LogP contribution in [0.4, 0.5) is 0 Å². The van der Waals surface area contributed by atoms with Crippen molar-refractivity contribution in [3.8, 4) is 17.2 Å². The van der Waals surface area contributed by atoms with E-state index in [4.69, 9.17) is 18.9 Å². The average molecular weight is 403 g/mol. The van der Waals surface area contributed by atoms with Crippen LogP contribution in [0.1, 0.15) is 18.4 Å². The Morgan fingerprint density at radius 3 is 2.45 bits per heavy atom. The van der Waals surface area contributed by atoms with Gasteiger partial charge >= 0.3 is 0 Å². The van der Waals surface area contributed by atoms with Gasteiger partial charge in [0.1, 0.15) is 25.0 Å². The van der Waals surface area contributed by atoms with Gasteiger partial charge in [-0.05, 0) is 42.7 Å². The quantitative estimate of drug-likeness (QED) is 0.634. The number of hydrogen-bond acceptors (Lipinski definition) is 5. The minimum atomic E-state index is -0.530. The van der Waals surface area contributed by atoms with Gasteiger partial charge in [0, 0.05) is 18.6 Å². The van der Waals surface area contributed by atoms with Gasteiger partial charge in [0.25, 0.3) is 0 Å². The topological polar surface area (TPSA) is 73.8 Å². The Kier molecular flexibility index (Phi) is 7.75. The minimum absolute atomic E-state index is 0.0161. The zero-order valence-corrected chi connectivity index (χ0v) is 17.3. The first-order valence-corrected chi connectivity index (χ1v) is 10.1. The van der Waals surface area contributed by atoms with Gasteiger partial charge in [-0.25, -0.2) is 0 Å². The van der Waals surface area contributed by atoms with Crippen LogP contribution in [0.3, 0.4) is 0 Å². The van der Waals surface area contributed by atoms with E-state index < -0.39 is 6.10 Å². The van der Waals surface area contributed by atoms with Gasteiger partial charge in [0.15, 0.2) is 11.5 Å². The third kappa shape index (κ3) is 5.63. The third-order valence-corrected chi connectivity index (χ3v) is 5.61. The van der Waals surface area contributed by atoms with E-state index >= 15 is 0 Å². The maximum atomic E-state index is 10.3. The Morgan fingerprint density at radius 1 is 1.03 bits per heavy atom. The average Bonchev–Trinajstić information content (AvgIpc) is 2.78. The molecule has 1 heterocycles. The molecular weight excluding hydrogens is 370 g/mol. The fraction of sp³-hybridized carbons (Fsp3) is 0.478. The maximum Gasteiger partial charge on any atom is 0.161 e. The first-order valence-electron chi connectivity index (χ1n) is 10.1. The molecule has 3 N–H and O–H groups in total. The van der Waals surface area contributed by atoms with Crippen LogP contribution in [-0.4, -0.2) is 58.3 Å². The molecule has 2 aromatic carbocycles. The highest BCUT2D eigenvalue weighted by atomic mass is 16.5. The number of ether oxygens (including phenoxy) is 4. The number of rotatable bonds is 10. The van der Waals surface area contributed by atoms with Crippen LogP contribution in [0.25, 0.3) is 0 Å². The van der Waals surface area contributed by atoms with E-state index in [0.29, 0.717) is 6.54 Å². The van der Waals surface area contributed by atoms with Crippen molar-refractivity contribution in [1.29, 1.82) is 0 Å². The van der Waals surface area contributed by atoms with Gasteiger partial charge in [-0.2, -0.15) is 0 Å². The molecule has 0 unspecified atom stereocenters. The molecule has 0 spiro atoms. The van der Waals surface area contributed by atoms with Gasteiger partial charge in [-0.1, -0.05) is 24.3 Å². The smallest absolute Gasteiger partial charge is 0.161 e. The maximum absolute atomic E-state index is 10.3. The number of nitrogens with two attached hydrogens (primary N) is 1. The van der Waals surface area contributed by atoms with E-state index in [2.05, 4.69) is 17.4 Å². The van der Waals surface area contributed by atoms with Crippen LogP contribution in [0, 0.1) is 0 Å². The van der Waals surface area contributed by atoms with Crippen LogP contribution in [-0.2, 0) is 10.2 Å². The number of quaternary nitrogens is 1. The Balaban J connectivity index is 1.60. The molecule has 1 saturated heterocycles. The van der Waals surface area contributed by atoms with Crippen LogP contribution in [0.5, 0.6) is 17.2 Å². The van der Waals surface area contributed by atoms with E-state index in [1.165, 1.54) is 5.56 Å². The van der Waals surface area contributed by atoms with Gasteiger partial charge in [-0.3, -0.25) is 0 Å². The van der Waals surface area contributed by atoms with E-state index in [0.717, 1.165) is 49.8 Å².